The van der Waals surface area contributed by atoms with Gasteiger partial charge in [0.15, 0.2) is 9.84 Å². The van der Waals surface area contributed by atoms with Crippen molar-refractivity contribution in [1.29, 1.82) is 0 Å². The molecule has 0 aromatic heterocycles. The van der Waals surface area contributed by atoms with E-state index in [2.05, 4.69) is 30.7 Å². The number of hydrogen-bond donors (Lipinski definition) is 1. The van der Waals surface area contributed by atoms with E-state index in [-0.39, 0.29) is 11.6 Å². The van der Waals surface area contributed by atoms with E-state index in [4.69, 9.17) is 5.73 Å². The van der Waals surface area contributed by atoms with Crippen LogP contribution in [-0.2, 0) is 9.84 Å². The molecule has 2 fully saturated rings. The molecule has 112 valence electrons. The van der Waals surface area contributed by atoms with E-state index in [1.165, 1.54) is 0 Å². The number of rotatable bonds is 4. The lowest BCUT2D eigenvalue weighted by molar-refractivity contribution is 0.0881. The summed E-state index contributed by atoms with van der Waals surface area (Å²) in [6.45, 7) is 7.01. The van der Waals surface area contributed by atoms with Crippen molar-refractivity contribution in [1.82, 2.24) is 9.80 Å². The summed E-state index contributed by atoms with van der Waals surface area (Å²) < 4.78 is 23.3. The zero-order valence-electron chi connectivity index (χ0n) is 12.3. The molecule has 2 aliphatic rings. The van der Waals surface area contributed by atoms with Gasteiger partial charge in [-0.1, -0.05) is 0 Å². The highest BCUT2D eigenvalue weighted by molar-refractivity contribution is 7.91. The topological polar surface area (TPSA) is 66.6 Å². The van der Waals surface area contributed by atoms with Crippen LogP contribution in [0.2, 0.25) is 0 Å². The van der Waals surface area contributed by atoms with Crippen LogP contribution in [0.1, 0.15) is 26.7 Å². The van der Waals surface area contributed by atoms with E-state index in [9.17, 15) is 8.42 Å². The van der Waals surface area contributed by atoms with E-state index in [0.29, 0.717) is 24.1 Å². The normalized spacial score (nSPS) is 35.6. The van der Waals surface area contributed by atoms with Crippen LogP contribution < -0.4 is 5.73 Å². The third-order valence-corrected chi connectivity index (χ3v) is 6.73. The fraction of sp³-hybridized carbons (Fsp3) is 1.00. The van der Waals surface area contributed by atoms with Crippen LogP contribution in [0.4, 0.5) is 0 Å². The second-order valence-electron chi connectivity index (χ2n) is 6.41. The third kappa shape index (κ3) is 2.96. The minimum atomic E-state index is -2.83. The monoisotopic (exact) mass is 289 g/mol. The van der Waals surface area contributed by atoms with Crippen molar-refractivity contribution >= 4 is 9.84 Å². The second-order valence-corrected chi connectivity index (χ2v) is 8.64. The van der Waals surface area contributed by atoms with Gasteiger partial charge in [-0.15, -0.1) is 0 Å². The van der Waals surface area contributed by atoms with E-state index in [0.717, 1.165) is 25.9 Å². The van der Waals surface area contributed by atoms with Gasteiger partial charge in [-0.25, -0.2) is 8.42 Å². The van der Waals surface area contributed by atoms with Crippen molar-refractivity contribution in [2.75, 3.05) is 38.2 Å². The van der Waals surface area contributed by atoms with Gasteiger partial charge in [0.05, 0.1) is 11.5 Å². The Balaban J connectivity index is 2.10. The molecule has 2 heterocycles. The van der Waals surface area contributed by atoms with Crippen LogP contribution >= 0.6 is 0 Å². The molecule has 19 heavy (non-hydrogen) atoms. The van der Waals surface area contributed by atoms with Crippen molar-refractivity contribution in [3.8, 4) is 0 Å². The summed E-state index contributed by atoms with van der Waals surface area (Å²) in [6.07, 6.45) is 1.79. The highest BCUT2D eigenvalue weighted by Gasteiger charge is 2.45. The number of nitrogens with zero attached hydrogens (tertiary/aromatic N) is 2. The predicted octanol–water partition coefficient (Wildman–Crippen LogP) is -0.0831. The average Bonchev–Trinajstić information content (AvgIpc) is 2.92. The van der Waals surface area contributed by atoms with E-state index < -0.39 is 9.84 Å². The Morgan fingerprint density at radius 1 is 1.47 bits per heavy atom. The Hall–Kier alpha value is -0.170. The molecule has 0 aromatic rings. The van der Waals surface area contributed by atoms with Crippen molar-refractivity contribution in [3.63, 3.8) is 0 Å². The Kier molecular flexibility index (Phi) is 4.26. The van der Waals surface area contributed by atoms with Crippen LogP contribution in [0.15, 0.2) is 0 Å². The van der Waals surface area contributed by atoms with Gasteiger partial charge >= 0.3 is 0 Å². The molecule has 0 aromatic carbocycles. The van der Waals surface area contributed by atoms with Gasteiger partial charge < -0.3 is 5.73 Å². The molecular weight excluding hydrogens is 262 g/mol. The first-order chi connectivity index (χ1) is 8.80. The van der Waals surface area contributed by atoms with Crippen LogP contribution in [0.3, 0.4) is 0 Å². The summed E-state index contributed by atoms with van der Waals surface area (Å²) >= 11 is 0. The van der Waals surface area contributed by atoms with Crippen molar-refractivity contribution in [2.45, 2.75) is 44.3 Å². The fourth-order valence-electron chi connectivity index (χ4n) is 3.40. The lowest BCUT2D eigenvalue weighted by Crippen LogP contribution is -2.58. The zero-order valence-corrected chi connectivity index (χ0v) is 13.1. The Labute approximate surface area is 117 Å². The van der Waals surface area contributed by atoms with Gasteiger partial charge in [-0.05, 0) is 33.7 Å². The maximum atomic E-state index is 11.7. The van der Waals surface area contributed by atoms with Crippen LogP contribution in [0.25, 0.3) is 0 Å². The van der Waals surface area contributed by atoms with Crippen LogP contribution in [-0.4, -0.2) is 74.0 Å². The molecule has 2 rings (SSSR count). The number of nitrogens with two attached hydrogens (primary N) is 1. The van der Waals surface area contributed by atoms with Gasteiger partial charge in [0, 0.05) is 37.3 Å². The third-order valence-electron chi connectivity index (χ3n) is 4.98. The van der Waals surface area contributed by atoms with Crippen molar-refractivity contribution in [3.05, 3.63) is 0 Å². The van der Waals surface area contributed by atoms with Gasteiger partial charge in [0.1, 0.15) is 0 Å². The lowest BCUT2D eigenvalue weighted by Gasteiger charge is -2.41. The summed E-state index contributed by atoms with van der Waals surface area (Å²) in [5, 5.41) is 0. The molecule has 6 heteroatoms. The molecule has 0 saturated carbocycles. The molecule has 0 amide bonds. The highest BCUT2D eigenvalue weighted by atomic mass is 32.2. The maximum absolute atomic E-state index is 11.7. The minimum absolute atomic E-state index is 0.0468. The first-order valence-electron chi connectivity index (χ1n) is 7.17. The van der Waals surface area contributed by atoms with Crippen molar-refractivity contribution in [2.24, 2.45) is 5.73 Å². The van der Waals surface area contributed by atoms with E-state index >= 15 is 0 Å². The molecule has 2 unspecified atom stereocenters. The molecule has 0 spiro atoms. The number of likely N-dealkylation sites (N-methyl/N-ethyl adjacent to an activating group) is 1. The zero-order chi connectivity index (χ0) is 14.3. The highest BCUT2D eigenvalue weighted by Crippen LogP contribution is 2.31. The maximum Gasteiger partial charge on any atom is 0.151 e. The smallest absolute Gasteiger partial charge is 0.151 e. The molecule has 2 atom stereocenters. The number of sulfone groups is 1. The Morgan fingerprint density at radius 3 is 2.58 bits per heavy atom. The first-order valence-corrected chi connectivity index (χ1v) is 8.99. The molecule has 0 radical (unpaired) electrons. The average molecular weight is 289 g/mol. The number of hydrogen-bond acceptors (Lipinski definition) is 5. The summed E-state index contributed by atoms with van der Waals surface area (Å²) in [5.74, 6) is 0.628. The first kappa shape index (κ1) is 15.2. The molecule has 2 N–H and O–H groups in total. The van der Waals surface area contributed by atoms with Gasteiger partial charge in [0.2, 0.25) is 0 Å². The SMILES string of the molecule is CC(C)N1CCC(CN)(N(C)C2CCS(=O)(=O)C2)C1. The van der Waals surface area contributed by atoms with Crippen molar-refractivity contribution < 1.29 is 8.42 Å². The molecule has 2 saturated heterocycles. The molecule has 0 bridgehead atoms. The second kappa shape index (κ2) is 5.31. The minimum Gasteiger partial charge on any atom is -0.329 e. The van der Waals surface area contributed by atoms with Crippen LogP contribution in [0.5, 0.6) is 0 Å². The van der Waals surface area contributed by atoms with E-state index in [1.807, 2.05) is 0 Å². The molecule has 0 aliphatic carbocycles. The summed E-state index contributed by atoms with van der Waals surface area (Å²) in [5.41, 5.74) is 6.00. The van der Waals surface area contributed by atoms with Gasteiger partial charge in [-0.2, -0.15) is 0 Å². The summed E-state index contributed by atoms with van der Waals surface area (Å²) in [6, 6.07) is 0.662. The Morgan fingerprint density at radius 2 is 2.16 bits per heavy atom. The van der Waals surface area contributed by atoms with Crippen LogP contribution in [0, 0.1) is 0 Å². The molecular formula is C13H27N3O2S. The lowest BCUT2D eigenvalue weighted by atomic mass is 9.94. The quantitative estimate of drug-likeness (QED) is 0.784. The van der Waals surface area contributed by atoms with E-state index in [1.54, 1.807) is 0 Å². The standard InChI is InChI=1S/C13H27N3O2S/c1-11(2)16-6-5-13(9-14,10-16)15(3)12-4-7-19(17,18)8-12/h11-12H,4-10,14H2,1-3H3. The van der Waals surface area contributed by atoms with Gasteiger partial charge in [0.25, 0.3) is 0 Å². The largest absolute Gasteiger partial charge is 0.329 e. The summed E-state index contributed by atoms with van der Waals surface area (Å²) in [7, 11) is -0.773. The molecule has 2 aliphatic heterocycles. The predicted molar refractivity (Wildman–Crippen MR) is 77.9 cm³/mol. The fourth-order valence-corrected chi connectivity index (χ4v) is 5.17. The molecule has 5 nitrogen and oxygen atoms in total. The van der Waals surface area contributed by atoms with Gasteiger partial charge in [-0.3, -0.25) is 9.80 Å². The Bertz CT molecular complexity index is 424. The number of likely N-dealkylation sites (tertiary alicyclic amines) is 1. The summed E-state index contributed by atoms with van der Waals surface area (Å²) in [4.78, 5) is 4.70.